The van der Waals surface area contributed by atoms with Crippen LogP contribution in [0.4, 0.5) is 8.78 Å². The first-order chi connectivity index (χ1) is 8.86. The molecular formula is C13H13F2NO2S. The summed E-state index contributed by atoms with van der Waals surface area (Å²) in [7, 11) is 0. The number of rotatable bonds is 3. The summed E-state index contributed by atoms with van der Waals surface area (Å²) in [5.74, 6) is -4.35. The number of nitrogens with one attached hydrogen (secondary N) is 1. The van der Waals surface area contributed by atoms with Crippen molar-refractivity contribution in [2.24, 2.45) is 5.92 Å². The molecule has 0 spiro atoms. The van der Waals surface area contributed by atoms with Crippen LogP contribution in [0.1, 0.15) is 29.1 Å². The van der Waals surface area contributed by atoms with E-state index in [0.29, 0.717) is 5.39 Å². The summed E-state index contributed by atoms with van der Waals surface area (Å²) < 4.78 is 28.6. The number of carbonyl (C=O) groups is 1. The van der Waals surface area contributed by atoms with Crippen molar-refractivity contribution < 1.29 is 18.8 Å². The van der Waals surface area contributed by atoms with Crippen molar-refractivity contribution in [1.29, 1.82) is 0 Å². The maximum absolute atomic E-state index is 13.9. The van der Waals surface area contributed by atoms with Gasteiger partial charge in [-0.25, -0.2) is 14.3 Å². The zero-order chi connectivity index (χ0) is 14.2. The first-order valence-corrected chi connectivity index (χ1v) is 6.54. The second-order valence-corrected chi connectivity index (χ2v) is 5.67. The highest BCUT2D eigenvalue weighted by molar-refractivity contribution is 7.20. The smallest absolute Gasteiger partial charge is 0.284 e. The molecule has 2 rings (SSSR count). The van der Waals surface area contributed by atoms with Crippen molar-refractivity contribution in [2.75, 3.05) is 0 Å². The van der Waals surface area contributed by atoms with Gasteiger partial charge in [0.25, 0.3) is 11.8 Å². The fraction of sp³-hybridized carbons (Fsp3) is 0.308. The van der Waals surface area contributed by atoms with E-state index >= 15 is 0 Å². The van der Waals surface area contributed by atoms with Gasteiger partial charge in [0.1, 0.15) is 0 Å². The second kappa shape index (κ2) is 4.86. The number of amides is 1. The van der Waals surface area contributed by atoms with Gasteiger partial charge in [-0.15, -0.1) is 11.3 Å². The third-order valence-corrected chi connectivity index (χ3v) is 4.07. The van der Waals surface area contributed by atoms with E-state index in [9.17, 15) is 13.6 Å². The van der Waals surface area contributed by atoms with Gasteiger partial charge in [-0.1, -0.05) is 19.9 Å². The topological polar surface area (TPSA) is 49.3 Å². The Labute approximate surface area is 112 Å². The van der Waals surface area contributed by atoms with Gasteiger partial charge in [-0.3, -0.25) is 10.0 Å². The monoisotopic (exact) mass is 285 g/mol. The highest BCUT2D eigenvalue weighted by Crippen LogP contribution is 2.38. The quantitative estimate of drug-likeness (QED) is 0.666. The van der Waals surface area contributed by atoms with Gasteiger partial charge in [-0.05, 0) is 23.6 Å². The zero-order valence-electron chi connectivity index (χ0n) is 10.4. The van der Waals surface area contributed by atoms with E-state index in [1.807, 2.05) is 0 Å². The molecule has 1 heterocycles. The summed E-state index contributed by atoms with van der Waals surface area (Å²) in [4.78, 5) is 11.6. The van der Waals surface area contributed by atoms with E-state index in [2.05, 4.69) is 0 Å². The number of benzene rings is 1. The Balaban J connectivity index is 2.49. The van der Waals surface area contributed by atoms with E-state index in [-0.39, 0.29) is 10.4 Å². The van der Waals surface area contributed by atoms with Crippen LogP contribution in [0.25, 0.3) is 10.1 Å². The normalized spacial score (nSPS) is 12.1. The molecule has 0 bridgehead atoms. The van der Waals surface area contributed by atoms with Crippen molar-refractivity contribution in [3.05, 3.63) is 34.7 Å². The van der Waals surface area contributed by atoms with E-state index in [1.54, 1.807) is 6.07 Å². The molecule has 6 heteroatoms. The second-order valence-electron chi connectivity index (χ2n) is 4.58. The molecule has 102 valence electrons. The molecular weight excluding hydrogens is 272 g/mol. The van der Waals surface area contributed by atoms with Crippen LogP contribution in [0.15, 0.2) is 24.3 Å². The third kappa shape index (κ3) is 2.46. The molecule has 19 heavy (non-hydrogen) atoms. The SMILES string of the molecule is CC(C)C(F)(F)c1ccc2sc(C(=O)NO)cc2c1. The molecule has 0 saturated heterocycles. The average Bonchev–Trinajstić information content (AvgIpc) is 2.80. The predicted molar refractivity (Wildman–Crippen MR) is 69.8 cm³/mol. The lowest BCUT2D eigenvalue weighted by molar-refractivity contribution is -0.0512. The molecule has 0 saturated carbocycles. The number of fused-ring (bicyclic) bond motifs is 1. The molecule has 1 aromatic carbocycles. The summed E-state index contributed by atoms with van der Waals surface area (Å²) in [6, 6.07) is 5.82. The molecule has 0 aliphatic heterocycles. The van der Waals surface area contributed by atoms with Crippen LogP contribution in [0.5, 0.6) is 0 Å². The lowest BCUT2D eigenvalue weighted by Gasteiger charge is -2.20. The third-order valence-electron chi connectivity index (χ3n) is 2.95. The highest BCUT2D eigenvalue weighted by Gasteiger charge is 2.35. The van der Waals surface area contributed by atoms with Gasteiger partial charge in [0, 0.05) is 16.2 Å². The molecule has 3 nitrogen and oxygen atoms in total. The Hall–Kier alpha value is -1.53. The van der Waals surface area contributed by atoms with Crippen molar-refractivity contribution in [1.82, 2.24) is 5.48 Å². The molecule has 0 radical (unpaired) electrons. The van der Waals surface area contributed by atoms with Crippen LogP contribution in [0.3, 0.4) is 0 Å². The van der Waals surface area contributed by atoms with Gasteiger partial charge >= 0.3 is 0 Å². The van der Waals surface area contributed by atoms with E-state index in [1.165, 1.54) is 37.5 Å². The fourth-order valence-electron chi connectivity index (χ4n) is 1.75. The standard InChI is InChI=1S/C13H13F2NO2S/c1-7(2)13(14,15)9-3-4-10-8(5-9)6-11(19-10)12(17)16-18/h3-7,18H,1-2H3,(H,16,17). The van der Waals surface area contributed by atoms with Crippen LogP contribution >= 0.6 is 11.3 Å². The molecule has 2 aromatic rings. The Morgan fingerprint density at radius 1 is 1.37 bits per heavy atom. The minimum absolute atomic E-state index is 0.0660. The maximum Gasteiger partial charge on any atom is 0.284 e. The molecule has 0 fully saturated rings. The molecule has 2 N–H and O–H groups in total. The minimum atomic E-state index is -2.91. The Morgan fingerprint density at radius 2 is 2.05 bits per heavy atom. The predicted octanol–water partition coefficient (Wildman–Crippen LogP) is 3.77. The van der Waals surface area contributed by atoms with E-state index in [0.717, 1.165) is 16.0 Å². The maximum atomic E-state index is 13.9. The van der Waals surface area contributed by atoms with Crippen LogP contribution in [-0.2, 0) is 5.92 Å². The number of hydroxylamine groups is 1. The number of thiophene rings is 1. The number of halogens is 2. The summed E-state index contributed by atoms with van der Waals surface area (Å²) >= 11 is 1.14. The molecule has 0 atom stereocenters. The summed E-state index contributed by atoms with van der Waals surface area (Å²) in [6.07, 6.45) is 0. The van der Waals surface area contributed by atoms with Crippen molar-refractivity contribution in [3.8, 4) is 0 Å². The largest absolute Gasteiger partial charge is 0.288 e. The lowest BCUT2D eigenvalue weighted by atomic mass is 9.97. The number of carbonyl (C=O) groups excluding carboxylic acids is 1. The van der Waals surface area contributed by atoms with Crippen LogP contribution in [-0.4, -0.2) is 11.1 Å². The van der Waals surface area contributed by atoms with Gasteiger partial charge in [0.15, 0.2) is 0 Å². The van der Waals surface area contributed by atoms with E-state index in [4.69, 9.17) is 5.21 Å². The number of alkyl halides is 2. The highest BCUT2D eigenvalue weighted by atomic mass is 32.1. The molecule has 0 aliphatic rings. The first-order valence-electron chi connectivity index (χ1n) is 5.72. The van der Waals surface area contributed by atoms with E-state index < -0.39 is 17.7 Å². The van der Waals surface area contributed by atoms with Crippen LogP contribution in [0.2, 0.25) is 0 Å². The van der Waals surface area contributed by atoms with Crippen LogP contribution in [0, 0.1) is 5.92 Å². The van der Waals surface area contributed by atoms with Gasteiger partial charge in [0.2, 0.25) is 0 Å². The molecule has 1 amide bonds. The summed E-state index contributed by atoms with van der Waals surface area (Å²) in [6.45, 7) is 2.92. The molecule has 1 aromatic heterocycles. The van der Waals surface area contributed by atoms with Gasteiger partial charge in [0.05, 0.1) is 4.88 Å². The van der Waals surface area contributed by atoms with Crippen molar-refractivity contribution in [2.45, 2.75) is 19.8 Å². The fourth-order valence-corrected chi connectivity index (χ4v) is 2.68. The Bertz CT molecular complexity index is 622. The Morgan fingerprint density at radius 3 is 2.63 bits per heavy atom. The summed E-state index contributed by atoms with van der Waals surface area (Å²) in [5, 5.41) is 9.13. The zero-order valence-corrected chi connectivity index (χ0v) is 11.2. The van der Waals surface area contributed by atoms with Crippen molar-refractivity contribution in [3.63, 3.8) is 0 Å². The van der Waals surface area contributed by atoms with Gasteiger partial charge < -0.3 is 0 Å². The lowest BCUT2D eigenvalue weighted by Crippen LogP contribution is -2.20. The Kier molecular flexibility index (Phi) is 3.56. The molecule has 0 unspecified atom stereocenters. The minimum Gasteiger partial charge on any atom is -0.288 e. The number of hydrogen-bond acceptors (Lipinski definition) is 3. The average molecular weight is 285 g/mol. The first kappa shape index (κ1) is 13.9. The van der Waals surface area contributed by atoms with Crippen molar-refractivity contribution >= 4 is 27.3 Å². The molecule has 0 aliphatic carbocycles. The van der Waals surface area contributed by atoms with Gasteiger partial charge in [-0.2, -0.15) is 0 Å². The van der Waals surface area contributed by atoms with Crippen LogP contribution < -0.4 is 5.48 Å². The number of hydrogen-bond donors (Lipinski definition) is 2. The summed E-state index contributed by atoms with van der Waals surface area (Å²) in [5.41, 5.74) is 1.46.